The van der Waals surface area contributed by atoms with E-state index >= 15 is 0 Å². The highest BCUT2D eigenvalue weighted by Gasteiger charge is 2.26. The van der Waals surface area contributed by atoms with Gasteiger partial charge in [-0.1, -0.05) is 17.7 Å². The molecule has 0 radical (unpaired) electrons. The van der Waals surface area contributed by atoms with Crippen LogP contribution in [0.4, 0.5) is 5.95 Å². The van der Waals surface area contributed by atoms with Gasteiger partial charge in [-0.25, -0.2) is 9.97 Å². The monoisotopic (exact) mass is 470 g/mol. The average Bonchev–Trinajstić information content (AvgIpc) is 3.24. The minimum absolute atomic E-state index is 0.0305. The molecule has 1 aliphatic rings. The van der Waals surface area contributed by atoms with Gasteiger partial charge in [0.25, 0.3) is 0 Å². The van der Waals surface area contributed by atoms with Gasteiger partial charge in [0.05, 0.1) is 24.0 Å². The zero-order valence-corrected chi connectivity index (χ0v) is 19.2. The van der Waals surface area contributed by atoms with Crippen LogP contribution in [0, 0.1) is 0 Å². The Morgan fingerprint density at radius 2 is 1.94 bits per heavy atom. The van der Waals surface area contributed by atoms with Crippen LogP contribution in [0.2, 0.25) is 5.02 Å². The van der Waals surface area contributed by atoms with Crippen molar-refractivity contribution in [2.75, 3.05) is 38.3 Å². The van der Waals surface area contributed by atoms with Gasteiger partial charge in [-0.2, -0.15) is 0 Å². The number of rotatable bonds is 8. The number of halogens is 1. The molecule has 33 heavy (non-hydrogen) atoms. The van der Waals surface area contributed by atoms with E-state index in [1.165, 1.54) is 0 Å². The molecule has 2 N–H and O–H groups in total. The first-order chi connectivity index (χ1) is 15.9. The lowest BCUT2D eigenvalue weighted by molar-refractivity contribution is -0.137. The summed E-state index contributed by atoms with van der Waals surface area (Å²) in [6, 6.07) is 7.49. The van der Waals surface area contributed by atoms with Crippen molar-refractivity contribution in [3.05, 3.63) is 53.4 Å². The number of hydrogen-bond acceptors (Lipinski definition) is 6. The van der Waals surface area contributed by atoms with E-state index in [4.69, 9.17) is 22.1 Å². The summed E-state index contributed by atoms with van der Waals surface area (Å²) >= 11 is 5.86. The minimum atomic E-state index is -0.457. The number of primary amides is 1. The molecule has 4 rings (SSSR count). The zero-order chi connectivity index (χ0) is 23.4. The van der Waals surface area contributed by atoms with E-state index in [2.05, 4.69) is 14.9 Å². The van der Waals surface area contributed by atoms with Crippen molar-refractivity contribution in [1.82, 2.24) is 19.4 Å². The van der Waals surface area contributed by atoms with Crippen molar-refractivity contribution >= 4 is 40.3 Å². The number of nitrogens with two attached hydrogens (primary N) is 1. The van der Waals surface area contributed by atoms with Crippen molar-refractivity contribution < 1.29 is 14.3 Å². The molecular weight excluding hydrogens is 444 g/mol. The van der Waals surface area contributed by atoms with Crippen LogP contribution in [0.15, 0.2) is 42.9 Å². The first-order valence-electron chi connectivity index (χ1n) is 10.9. The number of piperidine rings is 1. The van der Waals surface area contributed by atoms with E-state index in [0.29, 0.717) is 29.7 Å². The van der Waals surface area contributed by atoms with Gasteiger partial charge in [0.15, 0.2) is 0 Å². The Bertz CT molecular complexity index is 1120. The van der Waals surface area contributed by atoms with Crippen molar-refractivity contribution in [2.24, 2.45) is 5.73 Å². The summed E-state index contributed by atoms with van der Waals surface area (Å²) in [5, 5.41) is 1.53. The first kappa shape index (κ1) is 23.0. The molecule has 174 valence electrons. The molecule has 0 unspecified atom stereocenters. The van der Waals surface area contributed by atoms with Crippen LogP contribution in [0.3, 0.4) is 0 Å². The molecule has 0 spiro atoms. The maximum absolute atomic E-state index is 12.6. The third kappa shape index (κ3) is 5.43. The number of ether oxygens (including phenoxy) is 1. The van der Waals surface area contributed by atoms with Crippen LogP contribution >= 0.6 is 11.6 Å². The number of likely N-dealkylation sites (N-methyl/N-ethyl adjacent to an activating group) is 1. The number of benzene rings is 1. The van der Waals surface area contributed by atoms with E-state index in [9.17, 15) is 9.59 Å². The fourth-order valence-corrected chi connectivity index (χ4v) is 4.18. The number of hydrogen-bond donors (Lipinski definition) is 1. The molecule has 1 aliphatic heterocycles. The molecule has 10 heteroatoms. The standard InChI is InChI=1S/C23H27ClN6O3/c1-28(19-5-8-30(9-6-19)23-26-13-18(24)14-27-23)21(31)15-33-11-10-29-7-4-16-2-3-17(22(25)32)12-20(16)29/h2-4,7,12-14,19H,5-6,8-11,15H2,1H3,(H2,25,32). The molecule has 2 aromatic heterocycles. The van der Waals surface area contributed by atoms with Gasteiger partial charge in [-0.3, -0.25) is 9.59 Å². The zero-order valence-electron chi connectivity index (χ0n) is 18.5. The Morgan fingerprint density at radius 3 is 2.64 bits per heavy atom. The van der Waals surface area contributed by atoms with Gasteiger partial charge in [-0.05, 0) is 36.4 Å². The van der Waals surface area contributed by atoms with Crippen molar-refractivity contribution in [2.45, 2.75) is 25.4 Å². The predicted octanol–water partition coefficient (Wildman–Crippen LogP) is 2.33. The number of carbonyl (C=O) groups excluding carboxylic acids is 2. The Morgan fingerprint density at radius 1 is 1.21 bits per heavy atom. The van der Waals surface area contributed by atoms with Crippen LogP contribution in [0.1, 0.15) is 23.2 Å². The quantitative estimate of drug-likeness (QED) is 0.506. The lowest BCUT2D eigenvalue weighted by atomic mass is 10.0. The maximum Gasteiger partial charge on any atom is 0.248 e. The topological polar surface area (TPSA) is 107 Å². The second kappa shape index (κ2) is 10.2. The predicted molar refractivity (Wildman–Crippen MR) is 126 cm³/mol. The summed E-state index contributed by atoms with van der Waals surface area (Å²) in [7, 11) is 1.83. The Kier molecular flexibility index (Phi) is 7.10. The maximum atomic E-state index is 12.6. The van der Waals surface area contributed by atoms with Gasteiger partial charge < -0.3 is 24.8 Å². The average molecular weight is 471 g/mol. The number of nitrogens with zero attached hydrogens (tertiary/aromatic N) is 5. The molecule has 1 saturated heterocycles. The van der Waals surface area contributed by atoms with Crippen LogP contribution < -0.4 is 10.6 Å². The summed E-state index contributed by atoms with van der Waals surface area (Å²) < 4.78 is 7.65. The smallest absolute Gasteiger partial charge is 0.248 e. The van der Waals surface area contributed by atoms with Gasteiger partial charge >= 0.3 is 0 Å². The third-order valence-corrected chi connectivity index (χ3v) is 6.25. The molecule has 9 nitrogen and oxygen atoms in total. The third-order valence-electron chi connectivity index (χ3n) is 6.06. The molecule has 0 saturated carbocycles. The lowest BCUT2D eigenvalue weighted by Gasteiger charge is -2.36. The van der Waals surface area contributed by atoms with E-state index in [1.54, 1.807) is 29.4 Å². The fourth-order valence-electron chi connectivity index (χ4n) is 4.08. The molecule has 3 aromatic rings. The second-order valence-electron chi connectivity index (χ2n) is 8.12. The number of carbonyl (C=O) groups is 2. The molecule has 0 atom stereocenters. The number of fused-ring (bicyclic) bond motifs is 1. The Balaban J connectivity index is 1.22. The summed E-state index contributed by atoms with van der Waals surface area (Å²) in [6.07, 6.45) is 6.80. The van der Waals surface area contributed by atoms with Crippen LogP contribution in [0.5, 0.6) is 0 Å². The van der Waals surface area contributed by atoms with Crippen molar-refractivity contribution in [3.8, 4) is 0 Å². The van der Waals surface area contributed by atoms with E-state index in [0.717, 1.165) is 36.8 Å². The van der Waals surface area contributed by atoms with E-state index in [-0.39, 0.29) is 18.6 Å². The fraction of sp³-hybridized carbons (Fsp3) is 0.391. The summed E-state index contributed by atoms with van der Waals surface area (Å²) in [4.78, 5) is 36.5. The normalized spacial score (nSPS) is 14.5. The molecule has 1 fully saturated rings. The second-order valence-corrected chi connectivity index (χ2v) is 8.56. The summed E-state index contributed by atoms with van der Waals surface area (Å²) in [6.45, 7) is 2.54. The Labute approximate surface area is 197 Å². The largest absolute Gasteiger partial charge is 0.370 e. The van der Waals surface area contributed by atoms with E-state index in [1.807, 2.05) is 29.9 Å². The number of anilines is 1. The summed E-state index contributed by atoms with van der Waals surface area (Å²) in [5.74, 6) is 0.168. The number of amides is 2. The van der Waals surface area contributed by atoms with Crippen LogP contribution in [-0.2, 0) is 16.1 Å². The highest BCUT2D eigenvalue weighted by atomic mass is 35.5. The molecule has 0 bridgehead atoms. The highest BCUT2D eigenvalue weighted by molar-refractivity contribution is 6.30. The van der Waals surface area contributed by atoms with Crippen LogP contribution in [-0.4, -0.2) is 70.6 Å². The Hall–Kier alpha value is -3.17. The number of aromatic nitrogens is 3. The van der Waals surface area contributed by atoms with Crippen LogP contribution in [0.25, 0.3) is 10.9 Å². The molecular formula is C23H27ClN6O3. The van der Waals surface area contributed by atoms with Gasteiger partial charge in [0.2, 0.25) is 17.8 Å². The molecule has 3 heterocycles. The first-order valence-corrected chi connectivity index (χ1v) is 11.2. The highest BCUT2D eigenvalue weighted by Crippen LogP contribution is 2.20. The van der Waals surface area contributed by atoms with Gasteiger partial charge in [0.1, 0.15) is 6.61 Å². The SMILES string of the molecule is CN(C(=O)COCCn1ccc2ccc(C(N)=O)cc21)C1CCN(c2ncc(Cl)cn2)CC1. The van der Waals surface area contributed by atoms with E-state index < -0.39 is 5.91 Å². The van der Waals surface area contributed by atoms with Crippen molar-refractivity contribution in [1.29, 1.82) is 0 Å². The lowest BCUT2D eigenvalue weighted by Crippen LogP contribution is -2.47. The molecule has 2 amide bonds. The molecule has 0 aliphatic carbocycles. The van der Waals surface area contributed by atoms with Gasteiger partial charge in [0, 0.05) is 50.0 Å². The minimum Gasteiger partial charge on any atom is -0.370 e. The van der Waals surface area contributed by atoms with Crippen molar-refractivity contribution in [3.63, 3.8) is 0 Å². The summed E-state index contributed by atoms with van der Waals surface area (Å²) in [5.41, 5.74) is 6.76. The molecule has 1 aromatic carbocycles. The van der Waals surface area contributed by atoms with Gasteiger partial charge in [-0.15, -0.1) is 0 Å².